The molecular weight excluding hydrogens is 168 g/mol. The Balaban J connectivity index is 2.85. The number of nitrogens with one attached hydrogen (secondary N) is 1. The summed E-state index contributed by atoms with van der Waals surface area (Å²) in [4.78, 5) is 15.0. The van der Waals surface area contributed by atoms with Gasteiger partial charge in [0.25, 0.3) is 0 Å². The number of aromatic nitrogens is 1. The van der Waals surface area contributed by atoms with Gasteiger partial charge >= 0.3 is 5.97 Å². The minimum absolute atomic E-state index is 0.356. The highest BCUT2D eigenvalue weighted by atomic mass is 16.5. The number of esters is 1. The molecule has 0 saturated heterocycles. The first-order valence-corrected chi connectivity index (χ1v) is 3.94. The van der Waals surface area contributed by atoms with Crippen LogP contribution in [0, 0.1) is 0 Å². The summed E-state index contributed by atoms with van der Waals surface area (Å²) in [6, 6.07) is 1.76. The third-order valence-corrected chi connectivity index (χ3v) is 1.60. The molecule has 0 saturated carbocycles. The van der Waals surface area contributed by atoms with E-state index in [1.807, 2.05) is 7.05 Å². The van der Waals surface area contributed by atoms with Gasteiger partial charge in [-0.25, -0.2) is 4.79 Å². The van der Waals surface area contributed by atoms with Crippen LogP contribution >= 0.6 is 0 Å². The van der Waals surface area contributed by atoms with Crippen LogP contribution in [0.5, 0.6) is 0 Å². The van der Waals surface area contributed by atoms with Crippen LogP contribution < -0.4 is 5.32 Å². The second-order valence-electron chi connectivity index (χ2n) is 2.60. The number of methoxy groups -OCH3 is 1. The minimum Gasteiger partial charge on any atom is -0.465 e. The van der Waals surface area contributed by atoms with Crippen molar-refractivity contribution in [2.45, 2.75) is 6.54 Å². The van der Waals surface area contributed by atoms with E-state index in [0.29, 0.717) is 12.1 Å². The van der Waals surface area contributed by atoms with E-state index in [2.05, 4.69) is 15.0 Å². The summed E-state index contributed by atoms with van der Waals surface area (Å²) in [5, 5.41) is 2.98. The highest BCUT2D eigenvalue weighted by Gasteiger charge is 2.05. The fourth-order valence-corrected chi connectivity index (χ4v) is 1.02. The van der Waals surface area contributed by atoms with Crippen LogP contribution in [0.4, 0.5) is 0 Å². The van der Waals surface area contributed by atoms with Crippen LogP contribution in [-0.4, -0.2) is 25.1 Å². The fraction of sp³-hybridized carbons (Fsp3) is 0.333. The Bertz CT molecular complexity index is 299. The Labute approximate surface area is 76.9 Å². The first kappa shape index (κ1) is 9.67. The lowest BCUT2D eigenvalue weighted by Gasteiger charge is -2.01. The van der Waals surface area contributed by atoms with E-state index in [0.717, 1.165) is 5.56 Å². The molecule has 13 heavy (non-hydrogen) atoms. The van der Waals surface area contributed by atoms with Crippen molar-refractivity contribution in [1.82, 2.24) is 10.3 Å². The Morgan fingerprint density at radius 1 is 1.62 bits per heavy atom. The van der Waals surface area contributed by atoms with Gasteiger partial charge in [0, 0.05) is 18.9 Å². The Morgan fingerprint density at radius 2 is 2.38 bits per heavy atom. The van der Waals surface area contributed by atoms with Gasteiger partial charge in [0.15, 0.2) is 0 Å². The number of carbonyl (C=O) groups is 1. The number of hydrogen-bond donors (Lipinski definition) is 1. The highest BCUT2D eigenvalue weighted by molar-refractivity contribution is 5.89. The molecule has 0 bridgehead atoms. The van der Waals surface area contributed by atoms with Crippen LogP contribution in [0.3, 0.4) is 0 Å². The van der Waals surface area contributed by atoms with Crippen LogP contribution in [0.15, 0.2) is 18.5 Å². The average Bonchev–Trinajstić information content (AvgIpc) is 2.18. The number of rotatable bonds is 3. The Kier molecular flexibility index (Phi) is 3.40. The van der Waals surface area contributed by atoms with Gasteiger partial charge < -0.3 is 10.1 Å². The van der Waals surface area contributed by atoms with Crippen molar-refractivity contribution in [2.75, 3.05) is 14.2 Å². The number of pyridine rings is 1. The van der Waals surface area contributed by atoms with Crippen LogP contribution in [0.25, 0.3) is 0 Å². The van der Waals surface area contributed by atoms with Gasteiger partial charge in [-0.2, -0.15) is 0 Å². The molecule has 0 radical (unpaired) electrons. The quantitative estimate of drug-likeness (QED) is 0.691. The van der Waals surface area contributed by atoms with E-state index in [1.54, 1.807) is 12.3 Å². The molecule has 0 aliphatic heterocycles. The van der Waals surface area contributed by atoms with E-state index in [1.165, 1.54) is 13.3 Å². The molecule has 0 fully saturated rings. The van der Waals surface area contributed by atoms with Crippen LogP contribution in [-0.2, 0) is 11.3 Å². The fourth-order valence-electron chi connectivity index (χ4n) is 1.02. The molecule has 0 amide bonds. The Morgan fingerprint density at radius 3 is 3.00 bits per heavy atom. The largest absolute Gasteiger partial charge is 0.465 e. The molecule has 1 rings (SSSR count). The summed E-state index contributed by atoms with van der Waals surface area (Å²) in [6.45, 7) is 0.692. The third-order valence-electron chi connectivity index (χ3n) is 1.60. The molecule has 1 aromatic heterocycles. The predicted octanol–water partition coefficient (Wildman–Crippen LogP) is 0.588. The zero-order valence-electron chi connectivity index (χ0n) is 7.70. The molecule has 1 aromatic rings. The van der Waals surface area contributed by atoms with E-state index >= 15 is 0 Å². The molecule has 4 nitrogen and oxygen atoms in total. The first-order chi connectivity index (χ1) is 6.27. The topological polar surface area (TPSA) is 51.2 Å². The van der Waals surface area contributed by atoms with Crippen LogP contribution in [0.2, 0.25) is 0 Å². The lowest BCUT2D eigenvalue weighted by molar-refractivity contribution is 0.0600. The zero-order chi connectivity index (χ0) is 9.68. The SMILES string of the molecule is CNCc1cncc(C(=O)OC)c1. The van der Waals surface area contributed by atoms with Gasteiger partial charge in [-0.3, -0.25) is 4.98 Å². The second-order valence-corrected chi connectivity index (χ2v) is 2.60. The molecular formula is C9H12N2O2. The molecule has 0 atom stereocenters. The maximum Gasteiger partial charge on any atom is 0.339 e. The lowest BCUT2D eigenvalue weighted by atomic mass is 10.2. The summed E-state index contributed by atoms with van der Waals surface area (Å²) in [7, 11) is 3.19. The molecule has 0 aliphatic carbocycles. The molecule has 1 heterocycles. The summed E-state index contributed by atoms with van der Waals surface area (Å²) in [6.07, 6.45) is 3.20. The molecule has 0 aromatic carbocycles. The second kappa shape index (κ2) is 4.57. The zero-order valence-corrected chi connectivity index (χ0v) is 7.70. The van der Waals surface area contributed by atoms with Crippen molar-refractivity contribution < 1.29 is 9.53 Å². The molecule has 0 unspecified atom stereocenters. The van der Waals surface area contributed by atoms with E-state index < -0.39 is 0 Å². The van der Waals surface area contributed by atoms with Gasteiger partial charge in [0.2, 0.25) is 0 Å². The van der Waals surface area contributed by atoms with E-state index in [9.17, 15) is 4.79 Å². The normalized spacial score (nSPS) is 9.69. The van der Waals surface area contributed by atoms with Crippen molar-refractivity contribution in [3.63, 3.8) is 0 Å². The smallest absolute Gasteiger partial charge is 0.339 e. The number of nitrogens with zero attached hydrogens (tertiary/aromatic N) is 1. The summed E-state index contributed by atoms with van der Waals surface area (Å²) in [5.41, 5.74) is 1.45. The van der Waals surface area contributed by atoms with E-state index in [-0.39, 0.29) is 5.97 Å². The van der Waals surface area contributed by atoms with Crippen molar-refractivity contribution >= 4 is 5.97 Å². The minimum atomic E-state index is -0.356. The van der Waals surface area contributed by atoms with Crippen LogP contribution in [0.1, 0.15) is 15.9 Å². The van der Waals surface area contributed by atoms with Crippen molar-refractivity contribution in [2.24, 2.45) is 0 Å². The first-order valence-electron chi connectivity index (χ1n) is 3.94. The lowest BCUT2D eigenvalue weighted by Crippen LogP contribution is -2.08. The summed E-state index contributed by atoms with van der Waals surface area (Å²) in [5.74, 6) is -0.356. The molecule has 1 N–H and O–H groups in total. The van der Waals surface area contributed by atoms with Gasteiger partial charge in [-0.05, 0) is 18.7 Å². The summed E-state index contributed by atoms with van der Waals surface area (Å²) >= 11 is 0. The molecule has 0 aliphatic rings. The highest BCUT2D eigenvalue weighted by Crippen LogP contribution is 2.03. The van der Waals surface area contributed by atoms with Gasteiger partial charge in [-0.1, -0.05) is 0 Å². The summed E-state index contributed by atoms with van der Waals surface area (Å²) < 4.78 is 4.57. The van der Waals surface area contributed by atoms with Crippen molar-refractivity contribution in [3.8, 4) is 0 Å². The van der Waals surface area contributed by atoms with Gasteiger partial charge in [-0.15, -0.1) is 0 Å². The number of carbonyl (C=O) groups excluding carboxylic acids is 1. The van der Waals surface area contributed by atoms with E-state index in [4.69, 9.17) is 0 Å². The maximum absolute atomic E-state index is 11.1. The number of ether oxygens (including phenoxy) is 1. The van der Waals surface area contributed by atoms with Gasteiger partial charge in [0.1, 0.15) is 0 Å². The van der Waals surface area contributed by atoms with Crippen molar-refractivity contribution in [3.05, 3.63) is 29.6 Å². The molecule has 70 valence electrons. The third kappa shape index (κ3) is 2.52. The Hall–Kier alpha value is -1.42. The average molecular weight is 180 g/mol. The molecule has 0 spiro atoms. The molecule has 4 heteroatoms. The monoisotopic (exact) mass is 180 g/mol. The van der Waals surface area contributed by atoms with Crippen molar-refractivity contribution in [1.29, 1.82) is 0 Å². The maximum atomic E-state index is 11.1. The van der Waals surface area contributed by atoms with Gasteiger partial charge in [0.05, 0.1) is 12.7 Å². The standard InChI is InChI=1S/C9H12N2O2/c1-10-4-7-3-8(6-11-5-7)9(12)13-2/h3,5-6,10H,4H2,1-2H3. The number of hydrogen-bond acceptors (Lipinski definition) is 4. The predicted molar refractivity (Wildman–Crippen MR) is 48.3 cm³/mol.